The molecule has 0 bridgehead atoms. The summed E-state index contributed by atoms with van der Waals surface area (Å²) in [4.78, 5) is 17.2. The zero-order chi connectivity index (χ0) is 24.3. The summed E-state index contributed by atoms with van der Waals surface area (Å²) in [6.45, 7) is 7.11. The van der Waals surface area contributed by atoms with E-state index in [1.54, 1.807) is 0 Å². The fourth-order valence-corrected chi connectivity index (χ4v) is 10.5. The van der Waals surface area contributed by atoms with Crippen molar-refractivity contribution in [2.45, 2.75) is 39.0 Å². The predicted molar refractivity (Wildman–Crippen MR) is 153 cm³/mol. The Kier molecular flexibility index (Phi) is 9.51. The van der Waals surface area contributed by atoms with E-state index in [9.17, 15) is 4.79 Å². The first kappa shape index (κ1) is 25.6. The molecule has 1 saturated heterocycles. The first-order valence-electron chi connectivity index (χ1n) is 13.4. The molecule has 186 valence electrons. The number of hydrogen-bond acceptors (Lipinski definition) is 2. The summed E-state index contributed by atoms with van der Waals surface area (Å²) in [6, 6.07) is 33.5. The van der Waals surface area contributed by atoms with Crippen LogP contribution in [-0.2, 0) is 4.79 Å². The molecule has 3 nitrogen and oxygen atoms in total. The standard InChI is InChI=1S/C31H41N2OP/c1-2-32-23-25-33(26-24-32)31(34)22-14-3-4-15-27-35(28-16-8-5-9-17-28,29-18-10-6-11-19-29)30-20-12-7-13-21-30/h5-13,16-21,35H,2-4,14-15,22-27H2,1H3. The second-order valence-corrected chi connectivity index (χ2v) is 13.8. The Balaban J connectivity index is 1.39. The Morgan fingerprint density at radius 1 is 0.657 bits per heavy atom. The number of rotatable bonds is 11. The third-order valence-corrected chi connectivity index (χ3v) is 12.7. The van der Waals surface area contributed by atoms with Crippen LogP contribution in [0.2, 0.25) is 0 Å². The molecule has 0 atom stereocenters. The van der Waals surface area contributed by atoms with E-state index in [-0.39, 0.29) is 0 Å². The molecule has 0 aromatic heterocycles. The number of carbonyl (C=O) groups excluding carboxylic acids is 1. The van der Waals surface area contributed by atoms with Gasteiger partial charge in [-0.3, -0.25) is 0 Å². The number of amides is 1. The average molecular weight is 489 g/mol. The first-order valence-corrected chi connectivity index (χ1v) is 15.6. The SMILES string of the molecule is CCN1CCN(C(=O)CCCCCC[PH](c2ccccc2)(c2ccccc2)c2ccccc2)CC1. The molecule has 1 aliphatic heterocycles. The molecule has 1 heterocycles. The summed E-state index contributed by atoms with van der Waals surface area (Å²) in [5.41, 5.74) is 0. The van der Waals surface area contributed by atoms with Crippen molar-refractivity contribution in [1.29, 1.82) is 0 Å². The van der Waals surface area contributed by atoms with Crippen molar-refractivity contribution in [3.8, 4) is 0 Å². The Bertz CT molecular complexity index is 921. The number of hydrogen-bond donors (Lipinski definition) is 0. The molecule has 3 aromatic rings. The molecule has 0 aliphatic carbocycles. The molecular weight excluding hydrogens is 447 g/mol. The van der Waals surface area contributed by atoms with Crippen molar-refractivity contribution in [3.63, 3.8) is 0 Å². The molecule has 4 heteroatoms. The number of carbonyl (C=O) groups is 1. The Morgan fingerprint density at radius 3 is 1.57 bits per heavy atom. The molecule has 0 N–H and O–H groups in total. The Morgan fingerprint density at radius 2 is 1.11 bits per heavy atom. The molecule has 3 aromatic carbocycles. The van der Waals surface area contributed by atoms with Crippen LogP contribution in [0.4, 0.5) is 0 Å². The van der Waals surface area contributed by atoms with Crippen molar-refractivity contribution >= 4 is 29.1 Å². The second-order valence-electron chi connectivity index (χ2n) is 9.73. The Hall–Kier alpha value is -2.48. The van der Waals surface area contributed by atoms with Crippen molar-refractivity contribution in [2.75, 3.05) is 38.9 Å². The maximum absolute atomic E-state index is 12.7. The minimum atomic E-state index is -2.12. The van der Waals surface area contributed by atoms with Gasteiger partial charge in [-0.15, -0.1) is 0 Å². The van der Waals surface area contributed by atoms with Gasteiger partial charge in [-0.1, -0.05) is 6.92 Å². The summed E-state index contributed by atoms with van der Waals surface area (Å²) in [6.07, 6.45) is 6.39. The monoisotopic (exact) mass is 488 g/mol. The molecule has 0 radical (unpaired) electrons. The van der Waals surface area contributed by atoms with E-state index in [0.29, 0.717) is 12.3 Å². The third-order valence-electron chi connectivity index (χ3n) is 7.66. The van der Waals surface area contributed by atoms with Gasteiger partial charge in [0.05, 0.1) is 0 Å². The van der Waals surface area contributed by atoms with E-state index in [1.165, 1.54) is 34.9 Å². The predicted octanol–water partition coefficient (Wildman–Crippen LogP) is 4.83. The number of benzene rings is 3. The molecule has 35 heavy (non-hydrogen) atoms. The van der Waals surface area contributed by atoms with Gasteiger partial charge < -0.3 is 0 Å². The van der Waals surface area contributed by atoms with Crippen LogP contribution in [0.5, 0.6) is 0 Å². The zero-order valence-electron chi connectivity index (χ0n) is 21.2. The molecular formula is C31H41N2OP. The van der Waals surface area contributed by atoms with E-state index in [0.717, 1.165) is 45.6 Å². The van der Waals surface area contributed by atoms with E-state index in [4.69, 9.17) is 0 Å². The quantitative estimate of drug-likeness (QED) is 0.285. The van der Waals surface area contributed by atoms with Crippen LogP contribution >= 0.6 is 7.26 Å². The van der Waals surface area contributed by atoms with Crippen LogP contribution in [-0.4, -0.2) is 54.6 Å². The summed E-state index contributed by atoms with van der Waals surface area (Å²) in [5.74, 6) is 0.349. The first-order chi connectivity index (χ1) is 17.2. The van der Waals surface area contributed by atoms with Crippen molar-refractivity contribution in [1.82, 2.24) is 9.80 Å². The maximum atomic E-state index is 12.7. The van der Waals surface area contributed by atoms with Gasteiger partial charge in [0.15, 0.2) is 0 Å². The summed E-state index contributed by atoms with van der Waals surface area (Å²) >= 11 is 0. The average Bonchev–Trinajstić information content (AvgIpc) is 2.94. The van der Waals surface area contributed by atoms with Gasteiger partial charge in [0.2, 0.25) is 0 Å². The van der Waals surface area contributed by atoms with Crippen LogP contribution in [0.15, 0.2) is 91.0 Å². The van der Waals surface area contributed by atoms with Gasteiger partial charge in [0, 0.05) is 0 Å². The molecule has 0 spiro atoms. The van der Waals surface area contributed by atoms with E-state index in [2.05, 4.69) is 108 Å². The van der Waals surface area contributed by atoms with Crippen molar-refractivity contribution < 1.29 is 4.79 Å². The summed E-state index contributed by atoms with van der Waals surface area (Å²) in [7, 11) is -2.12. The van der Waals surface area contributed by atoms with Crippen LogP contribution < -0.4 is 15.9 Å². The van der Waals surface area contributed by atoms with Gasteiger partial charge in [-0.2, -0.15) is 0 Å². The topological polar surface area (TPSA) is 23.6 Å². The van der Waals surface area contributed by atoms with Crippen LogP contribution in [0.3, 0.4) is 0 Å². The molecule has 1 fully saturated rings. The van der Waals surface area contributed by atoms with E-state index < -0.39 is 7.26 Å². The van der Waals surface area contributed by atoms with Gasteiger partial charge in [0.1, 0.15) is 0 Å². The number of unbranched alkanes of at least 4 members (excludes halogenated alkanes) is 3. The van der Waals surface area contributed by atoms with Gasteiger partial charge in [-0.25, -0.2) is 0 Å². The molecule has 4 rings (SSSR count). The van der Waals surface area contributed by atoms with Crippen LogP contribution in [0.25, 0.3) is 0 Å². The molecule has 0 unspecified atom stereocenters. The van der Waals surface area contributed by atoms with Crippen LogP contribution in [0.1, 0.15) is 39.0 Å². The zero-order valence-corrected chi connectivity index (χ0v) is 22.2. The third kappa shape index (κ3) is 6.40. The van der Waals surface area contributed by atoms with Gasteiger partial charge in [-0.05, 0) is 0 Å². The fraction of sp³-hybridized carbons (Fsp3) is 0.387. The molecule has 1 aliphatic rings. The van der Waals surface area contributed by atoms with Gasteiger partial charge in [0.25, 0.3) is 0 Å². The molecule has 0 saturated carbocycles. The summed E-state index contributed by atoms with van der Waals surface area (Å²) < 4.78 is 0. The summed E-state index contributed by atoms with van der Waals surface area (Å²) in [5, 5.41) is 4.45. The fourth-order valence-electron chi connectivity index (χ4n) is 5.59. The second kappa shape index (κ2) is 13.0. The van der Waals surface area contributed by atoms with Crippen molar-refractivity contribution in [3.05, 3.63) is 91.0 Å². The minimum absolute atomic E-state index is 0.349. The Labute approximate surface area is 212 Å². The number of nitrogens with zero attached hydrogens (tertiary/aromatic N) is 2. The van der Waals surface area contributed by atoms with E-state index in [1.807, 2.05) is 0 Å². The number of likely N-dealkylation sites (N-methyl/N-ethyl adjacent to an activating group) is 1. The van der Waals surface area contributed by atoms with E-state index >= 15 is 0 Å². The van der Waals surface area contributed by atoms with Crippen molar-refractivity contribution in [2.24, 2.45) is 0 Å². The molecule has 1 amide bonds. The normalized spacial score (nSPS) is 15.2. The van der Waals surface area contributed by atoms with Gasteiger partial charge >= 0.3 is 206 Å². The number of piperazine rings is 1. The van der Waals surface area contributed by atoms with Crippen LogP contribution in [0, 0.1) is 0 Å².